The molecule has 0 aliphatic heterocycles. The van der Waals surface area contributed by atoms with E-state index < -0.39 is 12.0 Å². The van der Waals surface area contributed by atoms with E-state index in [1.54, 1.807) is 17.5 Å². The molecular formula is C11H12F3N5S. The maximum Gasteiger partial charge on any atom is 0.451 e. The van der Waals surface area contributed by atoms with Gasteiger partial charge in [-0.15, -0.1) is 11.3 Å². The van der Waals surface area contributed by atoms with Gasteiger partial charge in [0.05, 0.1) is 17.7 Å². The van der Waals surface area contributed by atoms with E-state index in [1.165, 1.54) is 24.5 Å². The molecule has 2 rings (SSSR count). The summed E-state index contributed by atoms with van der Waals surface area (Å²) in [6, 6.07) is 1.46. The fourth-order valence-electron chi connectivity index (χ4n) is 1.52. The van der Waals surface area contributed by atoms with E-state index in [0.29, 0.717) is 6.54 Å². The van der Waals surface area contributed by atoms with Gasteiger partial charge in [0, 0.05) is 25.5 Å². The number of aromatic nitrogens is 3. The lowest BCUT2D eigenvalue weighted by molar-refractivity contribution is -0.144. The minimum Gasteiger partial charge on any atom is -0.373 e. The van der Waals surface area contributed by atoms with Crippen molar-refractivity contribution in [3.05, 3.63) is 28.5 Å². The van der Waals surface area contributed by atoms with Gasteiger partial charge in [0.15, 0.2) is 0 Å². The van der Waals surface area contributed by atoms with Crippen LogP contribution >= 0.6 is 11.3 Å². The van der Waals surface area contributed by atoms with Crippen molar-refractivity contribution in [1.82, 2.24) is 15.0 Å². The van der Waals surface area contributed by atoms with Crippen LogP contribution in [0.3, 0.4) is 0 Å². The van der Waals surface area contributed by atoms with E-state index in [-0.39, 0.29) is 11.6 Å². The molecule has 1 N–H and O–H groups in total. The van der Waals surface area contributed by atoms with Gasteiger partial charge in [-0.2, -0.15) is 13.2 Å². The molecule has 5 nitrogen and oxygen atoms in total. The van der Waals surface area contributed by atoms with Crippen LogP contribution in [0.4, 0.5) is 24.8 Å². The minimum atomic E-state index is -4.58. The maximum atomic E-state index is 12.7. The van der Waals surface area contributed by atoms with Gasteiger partial charge in [-0.1, -0.05) is 0 Å². The molecular weight excluding hydrogens is 291 g/mol. The van der Waals surface area contributed by atoms with Crippen molar-refractivity contribution < 1.29 is 13.2 Å². The molecule has 108 valence electrons. The molecule has 0 radical (unpaired) electrons. The van der Waals surface area contributed by atoms with Crippen LogP contribution in [0.15, 0.2) is 17.0 Å². The van der Waals surface area contributed by atoms with Crippen LogP contribution < -0.4 is 10.2 Å². The summed E-state index contributed by atoms with van der Waals surface area (Å²) in [5.41, 5.74) is 2.44. The maximum absolute atomic E-state index is 12.7. The van der Waals surface area contributed by atoms with Gasteiger partial charge < -0.3 is 10.2 Å². The molecule has 2 heterocycles. The molecule has 0 saturated heterocycles. The summed E-state index contributed by atoms with van der Waals surface area (Å²) in [5, 5.41) is 4.44. The second kappa shape index (κ2) is 5.61. The summed E-state index contributed by atoms with van der Waals surface area (Å²) in [5.74, 6) is -0.860. The summed E-state index contributed by atoms with van der Waals surface area (Å²) in [6.45, 7) is 0.376. The van der Waals surface area contributed by atoms with Gasteiger partial charge in [0.2, 0.25) is 5.82 Å². The van der Waals surface area contributed by atoms with Crippen LogP contribution in [-0.2, 0) is 12.7 Å². The Hall–Kier alpha value is -1.90. The summed E-state index contributed by atoms with van der Waals surface area (Å²) < 4.78 is 38.2. The molecule has 9 heteroatoms. The highest BCUT2D eigenvalue weighted by Gasteiger charge is 2.35. The quantitative estimate of drug-likeness (QED) is 0.941. The van der Waals surface area contributed by atoms with Crippen molar-refractivity contribution in [2.75, 3.05) is 24.3 Å². The van der Waals surface area contributed by atoms with E-state index in [2.05, 4.69) is 20.3 Å². The molecule has 0 aliphatic carbocycles. The first-order valence-electron chi connectivity index (χ1n) is 5.62. The Labute approximate surface area is 117 Å². The number of hydrogen-bond donors (Lipinski definition) is 1. The molecule has 2 aromatic rings. The third kappa shape index (κ3) is 3.35. The van der Waals surface area contributed by atoms with Crippen molar-refractivity contribution in [3.8, 4) is 0 Å². The number of thiazole rings is 1. The Bertz CT molecular complexity index is 570. The molecule has 2 aromatic heterocycles. The van der Waals surface area contributed by atoms with Crippen LogP contribution in [-0.4, -0.2) is 29.0 Å². The zero-order chi connectivity index (χ0) is 14.8. The standard InChI is InChI=1S/C11H12F3N5S/c1-15-8-3-9(18-10(17-8)11(12,13)14)19(2)4-7-5-20-6-16-7/h3,5-6H,4H2,1-2H3,(H,15,17,18). The number of hydrogen-bond acceptors (Lipinski definition) is 6. The third-order valence-electron chi connectivity index (χ3n) is 2.50. The van der Waals surface area contributed by atoms with Gasteiger partial charge in [-0.05, 0) is 0 Å². The Balaban J connectivity index is 2.30. The normalized spacial score (nSPS) is 11.4. The van der Waals surface area contributed by atoms with Gasteiger partial charge in [0.1, 0.15) is 11.6 Å². The van der Waals surface area contributed by atoms with Crippen molar-refractivity contribution in [3.63, 3.8) is 0 Å². The fourth-order valence-corrected chi connectivity index (χ4v) is 2.07. The van der Waals surface area contributed by atoms with E-state index in [9.17, 15) is 13.2 Å². The molecule has 0 amide bonds. The predicted molar refractivity (Wildman–Crippen MR) is 70.8 cm³/mol. The Morgan fingerprint density at radius 1 is 1.35 bits per heavy atom. The van der Waals surface area contributed by atoms with Crippen LogP contribution in [0.1, 0.15) is 11.5 Å². The molecule has 0 bridgehead atoms. The Kier molecular flexibility index (Phi) is 4.07. The fraction of sp³-hybridized carbons (Fsp3) is 0.364. The second-order valence-electron chi connectivity index (χ2n) is 4.02. The topological polar surface area (TPSA) is 53.9 Å². The van der Waals surface area contributed by atoms with Crippen molar-refractivity contribution >= 4 is 23.0 Å². The molecule has 0 spiro atoms. The zero-order valence-corrected chi connectivity index (χ0v) is 11.6. The van der Waals surface area contributed by atoms with E-state index >= 15 is 0 Å². The van der Waals surface area contributed by atoms with Crippen LogP contribution in [0.25, 0.3) is 0 Å². The Morgan fingerprint density at radius 2 is 2.10 bits per heavy atom. The summed E-state index contributed by atoms with van der Waals surface area (Å²) in [6.07, 6.45) is -4.58. The van der Waals surface area contributed by atoms with Gasteiger partial charge in [-0.3, -0.25) is 0 Å². The summed E-state index contributed by atoms with van der Waals surface area (Å²) in [4.78, 5) is 12.7. The lowest BCUT2D eigenvalue weighted by Gasteiger charge is -2.19. The van der Waals surface area contributed by atoms with E-state index in [0.717, 1.165) is 5.69 Å². The SMILES string of the molecule is CNc1cc(N(C)Cc2cscn2)nc(C(F)(F)F)n1. The smallest absolute Gasteiger partial charge is 0.373 e. The predicted octanol–water partition coefficient (Wildman–Crippen LogP) is 2.63. The number of halogens is 3. The number of rotatable bonds is 4. The minimum absolute atomic E-state index is 0.118. The third-order valence-corrected chi connectivity index (χ3v) is 3.13. The average Bonchev–Trinajstić information content (AvgIpc) is 2.90. The highest BCUT2D eigenvalue weighted by atomic mass is 32.1. The zero-order valence-electron chi connectivity index (χ0n) is 10.8. The molecule has 20 heavy (non-hydrogen) atoms. The second-order valence-corrected chi connectivity index (χ2v) is 4.74. The monoisotopic (exact) mass is 303 g/mol. The molecule has 0 saturated carbocycles. The van der Waals surface area contributed by atoms with Crippen LogP contribution in [0.2, 0.25) is 0 Å². The number of nitrogens with one attached hydrogen (secondary N) is 1. The van der Waals surface area contributed by atoms with E-state index in [1.807, 2.05) is 5.38 Å². The Morgan fingerprint density at radius 3 is 2.65 bits per heavy atom. The van der Waals surface area contributed by atoms with Crippen molar-refractivity contribution in [1.29, 1.82) is 0 Å². The first-order valence-corrected chi connectivity index (χ1v) is 6.56. The van der Waals surface area contributed by atoms with Gasteiger partial charge in [-0.25, -0.2) is 15.0 Å². The lowest BCUT2D eigenvalue weighted by Crippen LogP contribution is -2.21. The number of nitrogens with zero attached hydrogens (tertiary/aromatic N) is 4. The molecule has 0 unspecified atom stereocenters. The van der Waals surface area contributed by atoms with Crippen LogP contribution in [0, 0.1) is 0 Å². The average molecular weight is 303 g/mol. The molecule has 0 aliphatic rings. The number of anilines is 2. The van der Waals surface area contributed by atoms with Crippen molar-refractivity contribution in [2.45, 2.75) is 12.7 Å². The molecule has 0 atom stereocenters. The molecule has 0 aromatic carbocycles. The van der Waals surface area contributed by atoms with E-state index in [4.69, 9.17) is 0 Å². The molecule has 0 fully saturated rings. The summed E-state index contributed by atoms with van der Waals surface area (Å²) in [7, 11) is 3.16. The van der Waals surface area contributed by atoms with Gasteiger partial charge in [0.25, 0.3) is 0 Å². The van der Waals surface area contributed by atoms with Crippen molar-refractivity contribution in [2.24, 2.45) is 0 Å². The van der Waals surface area contributed by atoms with Crippen LogP contribution in [0.5, 0.6) is 0 Å². The first kappa shape index (κ1) is 14.5. The number of alkyl halides is 3. The highest BCUT2D eigenvalue weighted by molar-refractivity contribution is 7.07. The van der Waals surface area contributed by atoms with Gasteiger partial charge >= 0.3 is 6.18 Å². The lowest BCUT2D eigenvalue weighted by atomic mass is 10.4. The summed E-state index contributed by atoms with van der Waals surface area (Å²) >= 11 is 1.43. The first-order chi connectivity index (χ1) is 9.40. The largest absolute Gasteiger partial charge is 0.451 e. The highest BCUT2D eigenvalue weighted by Crippen LogP contribution is 2.29.